The number of nitrogens with zero attached hydrogens (tertiary/aromatic N) is 6. The number of rotatable bonds is 6. The van der Waals surface area contributed by atoms with Gasteiger partial charge < -0.3 is 14.2 Å². The molecule has 0 amide bonds. The largest absolute Gasteiger partial charge is 0.480 e. The zero-order valence-corrected chi connectivity index (χ0v) is 14.2. The summed E-state index contributed by atoms with van der Waals surface area (Å²) in [6, 6.07) is 0. The number of aliphatic carboxylic acids is 1. The molecule has 2 aromatic rings. The van der Waals surface area contributed by atoms with E-state index in [0.29, 0.717) is 12.5 Å². The van der Waals surface area contributed by atoms with Gasteiger partial charge in [0.1, 0.15) is 11.6 Å². The lowest BCUT2D eigenvalue weighted by Crippen LogP contribution is -2.37. The molecule has 3 rings (SSSR count). The standard InChI is InChI=1S/C16H24N6O2/c1-3-22-14(10-21-9-6-17-12(21)2)18-19-16(22)13-4-7-20(8-5-13)11-15(23)24/h6,9,13H,3-5,7-8,10-11H2,1-2H3,(H,23,24). The molecule has 8 heteroatoms. The molecule has 1 aliphatic heterocycles. The van der Waals surface area contributed by atoms with Crippen LogP contribution in [-0.4, -0.2) is 59.9 Å². The van der Waals surface area contributed by atoms with Crippen LogP contribution in [0.15, 0.2) is 12.4 Å². The number of carboxylic acids is 1. The lowest BCUT2D eigenvalue weighted by Gasteiger charge is -2.30. The summed E-state index contributed by atoms with van der Waals surface area (Å²) in [5.41, 5.74) is 0. The predicted octanol–water partition coefficient (Wildman–Crippen LogP) is 1.12. The zero-order valence-electron chi connectivity index (χ0n) is 14.2. The minimum Gasteiger partial charge on any atom is -0.480 e. The van der Waals surface area contributed by atoms with Gasteiger partial charge in [0.05, 0.1) is 13.1 Å². The third kappa shape index (κ3) is 3.48. The molecule has 3 heterocycles. The Kier molecular flexibility index (Phi) is 4.94. The van der Waals surface area contributed by atoms with E-state index >= 15 is 0 Å². The number of aryl methyl sites for hydroxylation is 1. The topological polar surface area (TPSA) is 89.1 Å². The minimum absolute atomic E-state index is 0.123. The maximum Gasteiger partial charge on any atom is 0.317 e. The number of hydrogen-bond acceptors (Lipinski definition) is 5. The van der Waals surface area contributed by atoms with Gasteiger partial charge in [-0.3, -0.25) is 9.69 Å². The van der Waals surface area contributed by atoms with Gasteiger partial charge in [0.2, 0.25) is 0 Å². The number of carbonyl (C=O) groups is 1. The molecule has 0 aromatic carbocycles. The van der Waals surface area contributed by atoms with Crippen molar-refractivity contribution in [1.29, 1.82) is 0 Å². The predicted molar refractivity (Wildman–Crippen MR) is 87.8 cm³/mol. The van der Waals surface area contributed by atoms with E-state index in [1.54, 1.807) is 6.20 Å². The molecule has 0 bridgehead atoms. The summed E-state index contributed by atoms with van der Waals surface area (Å²) in [4.78, 5) is 17.1. The van der Waals surface area contributed by atoms with Crippen LogP contribution in [0.5, 0.6) is 0 Å². The Balaban J connectivity index is 1.71. The highest BCUT2D eigenvalue weighted by Crippen LogP contribution is 2.27. The summed E-state index contributed by atoms with van der Waals surface area (Å²) in [6.07, 6.45) is 5.60. The molecule has 1 N–H and O–H groups in total. The Hall–Kier alpha value is -2.22. The van der Waals surface area contributed by atoms with Gasteiger partial charge in [0.25, 0.3) is 0 Å². The van der Waals surface area contributed by atoms with E-state index < -0.39 is 5.97 Å². The van der Waals surface area contributed by atoms with Crippen molar-refractivity contribution in [3.8, 4) is 0 Å². The number of carboxylic acid groups (broad SMARTS) is 1. The van der Waals surface area contributed by atoms with Crippen LogP contribution in [0.3, 0.4) is 0 Å². The fraction of sp³-hybridized carbons (Fsp3) is 0.625. The Labute approximate surface area is 141 Å². The van der Waals surface area contributed by atoms with Crippen molar-refractivity contribution in [2.75, 3.05) is 19.6 Å². The molecule has 0 aliphatic carbocycles. The van der Waals surface area contributed by atoms with Crippen LogP contribution in [0.25, 0.3) is 0 Å². The van der Waals surface area contributed by atoms with Gasteiger partial charge in [0.15, 0.2) is 5.82 Å². The summed E-state index contributed by atoms with van der Waals surface area (Å²) < 4.78 is 4.26. The molecule has 0 saturated carbocycles. The zero-order chi connectivity index (χ0) is 17.1. The van der Waals surface area contributed by atoms with Crippen molar-refractivity contribution >= 4 is 5.97 Å². The molecule has 1 aliphatic rings. The van der Waals surface area contributed by atoms with Crippen molar-refractivity contribution in [2.45, 2.75) is 45.7 Å². The molecule has 1 fully saturated rings. The van der Waals surface area contributed by atoms with Gasteiger partial charge in [-0.15, -0.1) is 10.2 Å². The van der Waals surface area contributed by atoms with Crippen LogP contribution in [0, 0.1) is 6.92 Å². The number of hydrogen-bond donors (Lipinski definition) is 1. The highest BCUT2D eigenvalue weighted by atomic mass is 16.4. The fourth-order valence-electron chi connectivity index (χ4n) is 3.38. The van der Waals surface area contributed by atoms with Crippen LogP contribution in [0.1, 0.15) is 43.2 Å². The van der Waals surface area contributed by atoms with Gasteiger partial charge >= 0.3 is 5.97 Å². The third-order valence-corrected chi connectivity index (χ3v) is 4.72. The molecule has 0 spiro atoms. The monoisotopic (exact) mass is 332 g/mol. The van der Waals surface area contributed by atoms with Crippen LogP contribution in [0.2, 0.25) is 0 Å². The highest BCUT2D eigenvalue weighted by Gasteiger charge is 2.26. The van der Waals surface area contributed by atoms with E-state index in [1.165, 1.54) is 0 Å². The summed E-state index contributed by atoms with van der Waals surface area (Å²) in [5, 5.41) is 17.8. The molecular formula is C16H24N6O2. The average molecular weight is 332 g/mol. The molecule has 0 unspecified atom stereocenters. The van der Waals surface area contributed by atoms with Crippen LogP contribution >= 0.6 is 0 Å². The van der Waals surface area contributed by atoms with Crippen molar-refractivity contribution in [2.24, 2.45) is 0 Å². The Bertz CT molecular complexity index is 699. The van der Waals surface area contributed by atoms with Gasteiger partial charge in [-0.25, -0.2) is 4.98 Å². The SMILES string of the molecule is CCn1c(Cn2ccnc2C)nnc1C1CCN(CC(=O)O)CC1. The first-order valence-corrected chi connectivity index (χ1v) is 8.42. The van der Waals surface area contributed by atoms with E-state index in [9.17, 15) is 4.79 Å². The van der Waals surface area contributed by atoms with Crippen molar-refractivity contribution < 1.29 is 9.90 Å². The Morgan fingerprint density at radius 2 is 2.08 bits per heavy atom. The highest BCUT2D eigenvalue weighted by molar-refractivity contribution is 5.69. The molecule has 2 aromatic heterocycles. The smallest absolute Gasteiger partial charge is 0.317 e. The van der Waals surface area contributed by atoms with Crippen molar-refractivity contribution in [3.05, 3.63) is 29.9 Å². The van der Waals surface area contributed by atoms with Gasteiger partial charge in [-0.05, 0) is 39.8 Å². The van der Waals surface area contributed by atoms with Crippen LogP contribution in [-0.2, 0) is 17.9 Å². The van der Waals surface area contributed by atoms with Crippen molar-refractivity contribution in [1.82, 2.24) is 29.2 Å². The van der Waals surface area contributed by atoms with E-state index in [4.69, 9.17) is 5.11 Å². The Morgan fingerprint density at radius 1 is 1.33 bits per heavy atom. The average Bonchev–Trinajstić information content (AvgIpc) is 3.14. The maximum atomic E-state index is 10.8. The van der Waals surface area contributed by atoms with E-state index in [2.05, 4.69) is 31.2 Å². The van der Waals surface area contributed by atoms with Crippen LogP contribution in [0.4, 0.5) is 0 Å². The summed E-state index contributed by atoms with van der Waals surface area (Å²) >= 11 is 0. The summed E-state index contributed by atoms with van der Waals surface area (Å²) in [6.45, 7) is 7.30. The van der Waals surface area contributed by atoms with E-state index in [0.717, 1.165) is 49.9 Å². The third-order valence-electron chi connectivity index (χ3n) is 4.72. The second kappa shape index (κ2) is 7.12. The van der Waals surface area contributed by atoms with E-state index in [-0.39, 0.29) is 6.54 Å². The Morgan fingerprint density at radius 3 is 2.67 bits per heavy atom. The first-order valence-electron chi connectivity index (χ1n) is 8.42. The molecule has 0 radical (unpaired) electrons. The van der Waals surface area contributed by atoms with Crippen LogP contribution < -0.4 is 0 Å². The molecule has 8 nitrogen and oxygen atoms in total. The lowest BCUT2D eigenvalue weighted by atomic mass is 9.96. The number of likely N-dealkylation sites (tertiary alicyclic amines) is 1. The fourth-order valence-corrected chi connectivity index (χ4v) is 3.38. The number of imidazole rings is 1. The molecule has 130 valence electrons. The molecular weight excluding hydrogens is 308 g/mol. The summed E-state index contributed by atoms with van der Waals surface area (Å²) in [7, 11) is 0. The maximum absolute atomic E-state index is 10.8. The van der Waals surface area contributed by atoms with E-state index in [1.807, 2.05) is 18.0 Å². The first-order chi connectivity index (χ1) is 11.6. The van der Waals surface area contributed by atoms with Gasteiger partial charge in [-0.1, -0.05) is 0 Å². The number of piperidine rings is 1. The second-order valence-corrected chi connectivity index (χ2v) is 6.27. The molecule has 24 heavy (non-hydrogen) atoms. The normalized spacial score (nSPS) is 16.6. The minimum atomic E-state index is -0.761. The van der Waals surface area contributed by atoms with Crippen molar-refractivity contribution in [3.63, 3.8) is 0 Å². The second-order valence-electron chi connectivity index (χ2n) is 6.27. The quantitative estimate of drug-likeness (QED) is 0.852. The number of aromatic nitrogens is 5. The van der Waals surface area contributed by atoms with Gasteiger partial charge in [0, 0.05) is 24.9 Å². The van der Waals surface area contributed by atoms with Gasteiger partial charge in [-0.2, -0.15) is 0 Å². The molecule has 0 atom stereocenters. The lowest BCUT2D eigenvalue weighted by molar-refractivity contribution is -0.138. The molecule has 1 saturated heterocycles. The first kappa shape index (κ1) is 16.6. The summed E-state index contributed by atoms with van der Waals surface area (Å²) in [5.74, 6) is 2.52.